The van der Waals surface area contributed by atoms with Crippen LogP contribution in [0.1, 0.15) is 26.2 Å². The Morgan fingerprint density at radius 1 is 1.54 bits per heavy atom. The first-order chi connectivity index (χ1) is 6.27. The van der Waals surface area contributed by atoms with Gasteiger partial charge in [0.25, 0.3) is 0 Å². The van der Waals surface area contributed by atoms with Crippen LogP contribution < -0.4 is 0 Å². The number of nitrogens with zero attached hydrogens (tertiary/aromatic N) is 3. The molecule has 0 aromatic carbocycles. The first-order valence-corrected chi connectivity index (χ1v) is 4.81. The van der Waals surface area contributed by atoms with Gasteiger partial charge >= 0.3 is 0 Å². The largest absolute Gasteiger partial charge is 0.384 e. The van der Waals surface area contributed by atoms with E-state index in [4.69, 9.17) is 10.3 Å². The van der Waals surface area contributed by atoms with Crippen LogP contribution in [0.3, 0.4) is 0 Å². The van der Waals surface area contributed by atoms with Crippen molar-refractivity contribution >= 4 is 0 Å². The minimum atomic E-state index is 0.207. The summed E-state index contributed by atoms with van der Waals surface area (Å²) in [7, 11) is 1.74. The lowest BCUT2D eigenvalue weighted by atomic mass is 9.80. The lowest BCUT2D eigenvalue weighted by molar-refractivity contribution is 0.111. The first kappa shape index (κ1) is 10.4. The van der Waals surface area contributed by atoms with Crippen molar-refractivity contribution in [2.75, 3.05) is 13.7 Å². The normalized spacial score (nSPS) is 33.8. The number of hydrogen-bond donors (Lipinski definition) is 0. The summed E-state index contributed by atoms with van der Waals surface area (Å²) in [5.74, 6) is 1.16. The van der Waals surface area contributed by atoms with E-state index in [9.17, 15) is 0 Å². The summed E-state index contributed by atoms with van der Waals surface area (Å²) >= 11 is 0. The lowest BCUT2D eigenvalue weighted by Crippen LogP contribution is -2.27. The molecule has 0 amide bonds. The van der Waals surface area contributed by atoms with Gasteiger partial charge in [0.1, 0.15) is 0 Å². The SMILES string of the molecule is COC[C@H]1CC[C@H](N=[N+]=[N-])[C@H](C)C1. The molecule has 4 nitrogen and oxygen atoms in total. The number of methoxy groups -OCH3 is 1. The smallest absolute Gasteiger partial charge is 0.0490 e. The maximum atomic E-state index is 8.34. The third kappa shape index (κ3) is 2.90. The minimum absolute atomic E-state index is 0.207. The van der Waals surface area contributed by atoms with Crippen LogP contribution >= 0.6 is 0 Å². The summed E-state index contributed by atoms with van der Waals surface area (Å²) in [6.45, 7) is 2.99. The predicted octanol–water partition coefficient (Wildman–Crippen LogP) is 2.75. The van der Waals surface area contributed by atoms with Crippen LogP contribution in [0.2, 0.25) is 0 Å². The van der Waals surface area contributed by atoms with Crippen molar-refractivity contribution in [3.8, 4) is 0 Å². The van der Waals surface area contributed by atoms with E-state index < -0.39 is 0 Å². The minimum Gasteiger partial charge on any atom is -0.384 e. The van der Waals surface area contributed by atoms with E-state index in [2.05, 4.69) is 16.9 Å². The number of hydrogen-bond acceptors (Lipinski definition) is 2. The fourth-order valence-electron chi connectivity index (χ4n) is 2.12. The van der Waals surface area contributed by atoms with E-state index in [1.165, 1.54) is 0 Å². The quantitative estimate of drug-likeness (QED) is 0.377. The molecular weight excluding hydrogens is 166 g/mol. The summed E-state index contributed by atoms with van der Waals surface area (Å²) in [6, 6.07) is 0.207. The highest BCUT2D eigenvalue weighted by atomic mass is 16.5. The molecule has 13 heavy (non-hydrogen) atoms. The second-order valence-electron chi connectivity index (χ2n) is 3.88. The number of azide groups is 1. The van der Waals surface area contributed by atoms with E-state index in [0.717, 1.165) is 25.9 Å². The molecule has 0 N–H and O–H groups in total. The van der Waals surface area contributed by atoms with E-state index in [0.29, 0.717) is 11.8 Å². The highest BCUT2D eigenvalue weighted by Crippen LogP contribution is 2.31. The van der Waals surface area contributed by atoms with Gasteiger partial charge in [-0.25, -0.2) is 0 Å². The lowest BCUT2D eigenvalue weighted by Gasteiger charge is -2.30. The van der Waals surface area contributed by atoms with Crippen molar-refractivity contribution in [1.29, 1.82) is 0 Å². The molecule has 74 valence electrons. The maximum Gasteiger partial charge on any atom is 0.0490 e. The highest BCUT2D eigenvalue weighted by Gasteiger charge is 2.26. The molecule has 4 heteroatoms. The van der Waals surface area contributed by atoms with Crippen molar-refractivity contribution in [3.63, 3.8) is 0 Å². The van der Waals surface area contributed by atoms with Crippen LogP contribution in [0.5, 0.6) is 0 Å². The first-order valence-electron chi connectivity index (χ1n) is 4.81. The fraction of sp³-hybridized carbons (Fsp3) is 1.00. The maximum absolute atomic E-state index is 8.34. The summed E-state index contributed by atoms with van der Waals surface area (Å²) in [4.78, 5) is 2.87. The molecule has 0 heterocycles. The van der Waals surface area contributed by atoms with Gasteiger partial charge in [0.2, 0.25) is 0 Å². The van der Waals surface area contributed by atoms with Gasteiger partial charge in [-0.15, -0.1) is 0 Å². The van der Waals surface area contributed by atoms with E-state index in [-0.39, 0.29) is 6.04 Å². The molecule has 1 fully saturated rings. The van der Waals surface area contributed by atoms with Gasteiger partial charge in [-0.05, 0) is 36.6 Å². The van der Waals surface area contributed by atoms with Crippen LogP contribution in [0.4, 0.5) is 0 Å². The van der Waals surface area contributed by atoms with E-state index in [1.807, 2.05) is 0 Å². The molecule has 0 aromatic rings. The molecule has 0 aliphatic heterocycles. The van der Waals surface area contributed by atoms with Crippen molar-refractivity contribution < 1.29 is 4.74 Å². The summed E-state index contributed by atoms with van der Waals surface area (Å²) in [6.07, 6.45) is 3.26. The van der Waals surface area contributed by atoms with Crippen molar-refractivity contribution in [3.05, 3.63) is 10.4 Å². The second-order valence-corrected chi connectivity index (χ2v) is 3.88. The van der Waals surface area contributed by atoms with Gasteiger partial charge < -0.3 is 4.74 Å². The number of ether oxygens (including phenoxy) is 1. The zero-order valence-electron chi connectivity index (χ0n) is 8.31. The Balaban J connectivity index is 2.41. The molecule has 1 rings (SSSR count). The van der Waals surface area contributed by atoms with Gasteiger partial charge in [-0.2, -0.15) is 0 Å². The topological polar surface area (TPSA) is 58.0 Å². The Hall–Kier alpha value is -0.730. The summed E-state index contributed by atoms with van der Waals surface area (Å²) in [5.41, 5.74) is 8.34. The molecule has 1 aliphatic rings. The Morgan fingerprint density at radius 2 is 2.31 bits per heavy atom. The van der Waals surface area contributed by atoms with Gasteiger partial charge in [-0.3, -0.25) is 0 Å². The Kier molecular flexibility index (Phi) is 4.06. The molecule has 0 bridgehead atoms. The van der Waals surface area contributed by atoms with Crippen molar-refractivity contribution in [2.24, 2.45) is 17.0 Å². The monoisotopic (exact) mass is 183 g/mol. The summed E-state index contributed by atoms with van der Waals surface area (Å²) < 4.78 is 5.12. The van der Waals surface area contributed by atoms with Crippen LogP contribution in [-0.2, 0) is 4.74 Å². The third-order valence-corrected chi connectivity index (χ3v) is 2.83. The summed E-state index contributed by atoms with van der Waals surface area (Å²) in [5, 5.41) is 3.80. The average Bonchev–Trinajstić information content (AvgIpc) is 2.10. The Labute approximate surface area is 78.9 Å². The average molecular weight is 183 g/mol. The van der Waals surface area contributed by atoms with Crippen LogP contribution in [0, 0.1) is 11.8 Å². The molecule has 0 spiro atoms. The molecule has 0 unspecified atom stereocenters. The molecule has 3 atom stereocenters. The zero-order valence-corrected chi connectivity index (χ0v) is 8.31. The molecule has 1 aliphatic carbocycles. The van der Waals surface area contributed by atoms with Gasteiger partial charge in [-0.1, -0.05) is 12.0 Å². The van der Waals surface area contributed by atoms with Crippen LogP contribution in [0.25, 0.3) is 10.4 Å². The predicted molar refractivity (Wildman–Crippen MR) is 51.3 cm³/mol. The molecular formula is C9H17N3O. The Bertz CT molecular complexity index is 201. The standard InChI is InChI=1S/C9H17N3O/c1-7-5-8(6-13-2)3-4-9(7)11-12-10/h7-9H,3-6H2,1-2H3/t7-,8+,9+/m1/s1. The Morgan fingerprint density at radius 3 is 2.85 bits per heavy atom. The zero-order chi connectivity index (χ0) is 9.68. The fourth-order valence-corrected chi connectivity index (χ4v) is 2.12. The highest BCUT2D eigenvalue weighted by molar-refractivity contribution is 4.82. The van der Waals surface area contributed by atoms with E-state index >= 15 is 0 Å². The molecule has 0 aromatic heterocycles. The van der Waals surface area contributed by atoms with Crippen LogP contribution in [0.15, 0.2) is 5.11 Å². The molecule has 0 radical (unpaired) electrons. The van der Waals surface area contributed by atoms with Crippen LogP contribution in [-0.4, -0.2) is 19.8 Å². The van der Waals surface area contributed by atoms with Gasteiger partial charge in [0.05, 0.1) is 0 Å². The molecule has 0 saturated heterocycles. The third-order valence-electron chi connectivity index (χ3n) is 2.83. The van der Waals surface area contributed by atoms with E-state index in [1.54, 1.807) is 7.11 Å². The number of rotatable bonds is 3. The molecule has 1 saturated carbocycles. The van der Waals surface area contributed by atoms with Crippen molar-refractivity contribution in [1.82, 2.24) is 0 Å². The van der Waals surface area contributed by atoms with Crippen molar-refractivity contribution in [2.45, 2.75) is 32.2 Å². The van der Waals surface area contributed by atoms with Gasteiger partial charge in [0.15, 0.2) is 0 Å². The van der Waals surface area contributed by atoms with Gasteiger partial charge in [0, 0.05) is 24.7 Å². The second kappa shape index (κ2) is 5.10.